The predicted molar refractivity (Wildman–Crippen MR) is 184 cm³/mol. The van der Waals surface area contributed by atoms with Crippen LogP contribution >= 0.6 is 0 Å². The van der Waals surface area contributed by atoms with Gasteiger partial charge >= 0.3 is 11.9 Å². The van der Waals surface area contributed by atoms with Gasteiger partial charge in [0.15, 0.2) is 0 Å². The van der Waals surface area contributed by atoms with E-state index in [0.717, 1.165) is 38.5 Å². The molecule has 2 rings (SSSR count). The third-order valence-electron chi connectivity index (χ3n) is 11.3. The number of esters is 2. The molecule has 0 spiro atoms. The maximum Gasteiger partial charge on any atom is 0.308 e. The van der Waals surface area contributed by atoms with E-state index < -0.39 is 23.5 Å². The van der Waals surface area contributed by atoms with Gasteiger partial charge in [-0.1, -0.05) is 118 Å². The highest BCUT2D eigenvalue weighted by molar-refractivity contribution is 5.73. The molecule has 0 radical (unpaired) electrons. The third kappa shape index (κ3) is 17.0. The minimum absolute atomic E-state index is 0.0414. The van der Waals surface area contributed by atoms with Crippen LogP contribution in [0.2, 0.25) is 0 Å². The van der Waals surface area contributed by atoms with Gasteiger partial charge in [0.2, 0.25) is 11.6 Å². The van der Waals surface area contributed by atoms with E-state index in [4.69, 9.17) is 9.47 Å². The summed E-state index contributed by atoms with van der Waals surface area (Å²) in [5.41, 5.74) is 1.10. The molecule has 2 N–H and O–H groups in total. The zero-order chi connectivity index (χ0) is 33.1. The second-order valence-corrected chi connectivity index (χ2v) is 15.7. The van der Waals surface area contributed by atoms with Gasteiger partial charge in [-0.15, -0.1) is 0 Å². The summed E-state index contributed by atoms with van der Waals surface area (Å²) < 4.78 is 10.9. The number of rotatable bonds is 24. The van der Waals surface area contributed by atoms with E-state index in [-0.39, 0.29) is 19.3 Å². The van der Waals surface area contributed by atoms with Gasteiger partial charge in [-0.25, -0.2) is 0 Å². The number of carbonyl (C=O) groups excluding carboxylic acids is 2. The Morgan fingerprint density at radius 1 is 0.533 bits per heavy atom. The van der Waals surface area contributed by atoms with Crippen molar-refractivity contribution in [1.82, 2.24) is 0 Å². The van der Waals surface area contributed by atoms with Crippen molar-refractivity contribution < 1.29 is 29.3 Å². The van der Waals surface area contributed by atoms with E-state index in [1.807, 2.05) is 13.8 Å². The first kappa shape index (κ1) is 40.0. The van der Waals surface area contributed by atoms with Gasteiger partial charge in [-0.2, -0.15) is 0 Å². The molecule has 2 aliphatic rings. The minimum atomic E-state index is -1.44. The van der Waals surface area contributed by atoms with Crippen LogP contribution in [0, 0.1) is 10.8 Å². The summed E-state index contributed by atoms with van der Waals surface area (Å²) >= 11 is 0. The number of ether oxygens (including phenoxy) is 2. The van der Waals surface area contributed by atoms with Gasteiger partial charge in [0.25, 0.3) is 0 Å². The van der Waals surface area contributed by atoms with Crippen LogP contribution in [0.3, 0.4) is 0 Å². The first-order chi connectivity index (χ1) is 21.4. The van der Waals surface area contributed by atoms with Gasteiger partial charge in [-0.3, -0.25) is 9.59 Å². The molecule has 2 atom stereocenters. The highest BCUT2D eigenvalue weighted by Crippen LogP contribution is 2.41. The molecule has 0 saturated heterocycles. The van der Waals surface area contributed by atoms with Crippen LogP contribution in [0.15, 0.2) is 0 Å². The molecule has 0 amide bonds. The Morgan fingerprint density at radius 3 is 1.22 bits per heavy atom. The molecular formula is C39H72O6. The van der Waals surface area contributed by atoms with Crippen molar-refractivity contribution in [3.63, 3.8) is 0 Å². The zero-order valence-corrected chi connectivity index (χ0v) is 30.0. The summed E-state index contributed by atoms with van der Waals surface area (Å²) in [5.74, 6) is -3.86. The van der Waals surface area contributed by atoms with Crippen LogP contribution in [0.5, 0.6) is 0 Å². The molecule has 2 saturated carbocycles. The van der Waals surface area contributed by atoms with Gasteiger partial charge in [0.1, 0.15) is 0 Å². The van der Waals surface area contributed by atoms with Crippen molar-refractivity contribution in [2.75, 3.05) is 0 Å². The lowest BCUT2D eigenvalue weighted by molar-refractivity contribution is -0.214. The Kier molecular flexibility index (Phi) is 18.6. The zero-order valence-electron chi connectivity index (χ0n) is 30.0. The summed E-state index contributed by atoms with van der Waals surface area (Å²) in [4.78, 5) is 24.9. The second kappa shape index (κ2) is 21.0. The smallest absolute Gasteiger partial charge is 0.308 e. The van der Waals surface area contributed by atoms with E-state index >= 15 is 0 Å². The second-order valence-electron chi connectivity index (χ2n) is 15.7. The summed E-state index contributed by atoms with van der Waals surface area (Å²) in [5, 5.41) is 21.7. The summed E-state index contributed by atoms with van der Waals surface area (Å²) in [6.45, 7) is 8.58. The lowest BCUT2D eigenvalue weighted by Crippen LogP contribution is -2.35. The Balaban J connectivity index is 1.53. The SMILES string of the molecule is CCC(O)(CCCCCCCC1(C)CCCCC1)OC(=O)CCCC(=O)OC(O)(CC)CCCCCCCC1(C)CCCCC1. The van der Waals surface area contributed by atoms with Crippen molar-refractivity contribution in [3.05, 3.63) is 0 Å². The van der Waals surface area contributed by atoms with Gasteiger partial charge in [0.05, 0.1) is 0 Å². The fourth-order valence-corrected chi connectivity index (χ4v) is 7.78. The fraction of sp³-hybridized carbons (Fsp3) is 0.949. The molecule has 6 nitrogen and oxygen atoms in total. The van der Waals surface area contributed by atoms with Crippen molar-refractivity contribution in [3.8, 4) is 0 Å². The topological polar surface area (TPSA) is 93.1 Å². The van der Waals surface area contributed by atoms with Crippen LogP contribution in [0.4, 0.5) is 0 Å². The van der Waals surface area contributed by atoms with Crippen LogP contribution in [-0.2, 0) is 19.1 Å². The average molecular weight is 637 g/mol. The molecule has 0 aromatic rings. The van der Waals surface area contributed by atoms with Crippen LogP contribution < -0.4 is 0 Å². The molecule has 0 aromatic heterocycles. The monoisotopic (exact) mass is 637 g/mol. The molecule has 0 heterocycles. The number of hydrogen-bond acceptors (Lipinski definition) is 6. The number of aliphatic hydroxyl groups is 2. The number of unbranched alkanes of at least 4 members (excludes halogenated alkanes) is 8. The van der Waals surface area contributed by atoms with Crippen molar-refractivity contribution in [2.45, 2.75) is 225 Å². The van der Waals surface area contributed by atoms with Crippen LogP contribution in [-0.4, -0.2) is 33.7 Å². The minimum Gasteiger partial charge on any atom is -0.433 e. The fourth-order valence-electron chi connectivity index (χ4n) is 7.78. The highest BCUT2D eigenvalue weighted by atomic mass is 16.7. The van der Waals surface area contributed by atoms with E-state index in [9.17, 15) is 19.8 Å². The van der Waals surface area contributed by atoms with Gasteiger partial charge < -0.3 is 19.7 Å². The maximum atomic E-state index is 12.5. The van der Waals surface area contributed by atoms with Crippen molar-refractivity contribution >= 4 is 11.9 Å². The Labute approximate surface area is 277 Å². The van der Waals surface area contributed by atoms with E-state index in [1.54, 1.807) is 0 Å². The van der Waals surface area contributed by atoms with Crippen molar-refractivity contribution in [2.24, 2.45) is 10.8 Å². The first-order valence-electron chi connectivity index (χ1n) is 19.3. The normalized spacial score (nSPS) is 20.6. The van der Waals surface area contributed by atoms with Gasteiger partial charge in [0, 0.05) is 38.5 Å². The summed E-state index contributed by atoms with van der Waals surface area (Å²) in [7, 11) is 0. The molecular weight excluding hydrogens is 564 g/mol. The molecule has 264 valence electrons. The lowest BCUT2D eigenvalue weighted by atomic mass is 9.72. The summed E-state index contributed by atoms with van der Waals surface area (Å²) in [6.07, 6.45) is 29.5. The third-order valence-corrected chi connectivity index (χ3v) is 11.3. The quantitative estimate of drug-likeness (QED) is 0.0622. The van der Waals surface area contributed by atoms with Crippen LogP contribution in [0.25, 0.3) is 0 Å². The van der Waals surface area contributed by atoms with E-state index in [0.29, 0.717) is 36.5 Å². The molecule has 0 aliphatic heterocycles. The predicted octanol–water partition coefficient (Wildman–Crippen LogP) is 10.8. The van der Waals surface area contributed by atoms with E-state index in [2.05, 4.69) is 13.8 Å². The van der Waals surface area contributed by atoms with Gasteiger partial charge in [-0.05, 0) is 68.6 Å². The van der Waals surface area contributed by atoms with Crippen molar-refractivity contribution in [1.29, 1.82) is 0 Å². The molecule has 2 fully saturated rings. The summed E-state index contributed by atoms with van der Waals surface area (Å²) in [6, 6.07) is 0. The lowest BCUT2D eigenvalue weighted by Gasteiger charge is -2.33. The molecule has 2 unspecified atom stereocenters. The Hall–Kier alpha value is -1.14. The molecule has 6 heteroatoms. The Morgan fingerprint density at radius 2 is 0.867 bits per heavy atom. The average Bonchev–Trinajstić information content (AvgIpc) is 3.00. The van der Waals surface area contributed by atoms with E-state index in [1.165, 1.54) is 103 Å². The largest absolute Gasteiger partial charge is 0.433 e. The molecule has 0 aromatic carbocycles. The standard InChI is InChI=1S/C39H72O6/c1-5-38(42,32-21-11-7-9-15-26-36(3)28-17-13-18-29-36)44-34(40)24-23-25-35(41)45-39(43,6-2)33-22-12-8-10-16-27-37(4)30-19-14-20-31-37/h42-43H,5-33H2,1-4H3. The highest BCUT2D eigenvalue weighted by Gasteiger charge is 2.31. The number of carbonyl (C=O) groups is 2. The molecule has 0 bridgehead atoms. The molecule has 2 aliphatic carbocycles. The first-order valence-corrected chi connectivity index (χ1v) is 19.3. The van der Waals surface area contributed by atoms with Crippen LogP contribution in [0.1, 0.15) is 214 Å². The maximum absolute atomic E-state index is 12.5. The molecule has 45 heavy (non-hydrogen) atoms. The number of hydrogen-bond donors (Lipinski definition) is 2. The Bertz CT molecular complexity index is 748.